The Labute approximate surface area is 159 Å². The van der Waals surface area contributed by atoms with Gasteiger partial charge in [0.25, 0.3) is 0 Å². The molecule has 2 aromatic carbocycles. The van der Waals surface area contributed by atoms with Gasteiger partial charge in [0.1, 0.15) is 0 Å². The topological polar surface area (TPSA) is 54.5 Å². The molecule has 0 radical (unpaired) electrons. The van der Waals surface area contributed by atoms with Crippen molar-refractivity contribution in [1.82, 2.24) is 4.98 Å². The summed E-state index contributed by atoms with van der Waals surface area (Å²) in [5.41, 5.74) is 3.76. The number of nitrogens with one attached hydrogen (secondary N) is 1. The quantitative estimate of drug-likeness (QED) is 0.322. The molecule has 0 aliphatic heterocycles. The molecule has 1 heterocycles. The normalized spacial score (nSPS) is 11.4. The predicted octanol–water partition coefficient (Wildman–Crippen LogP) is 4.15. The minimum Gasteiger partial charge on any atom is -0.467 e. The van der Waals surface area contributed by atoms with Crippen LogP contribution in [0.1, 0.15) is 16.7 Å². The lowest BCUT2D eigenvalue weighted by Crippen LogP contribution is -2.23. The second-order valence-corrected chi connectivity index (χ2v) is 5.65. The number of hydrogen-bond donors (Lipinski definition) is 1. The zero-order valence-electron chi connectivity index (χ0n) is 15.3. The first-order valence-electron chi connectivity index (χ1n) is 8.44. The third kappa shape index (κ3) is 4.96. The fourth-order valence-electron chi connectivity index (χ4n) is 2.68. The molecule has 0 amide bonds. The monoisotopic (exact) mass is 358 g/mol. The van der Waals surface area contributed by atoms with Crippen LogP contribution in [0.25, 0.3) is 10.9 Å². The van der Waals surface area contributed by atoms with Crippen molar-refractivity contribution in [2.24, 2.45) is 4.99 Å². The number of nitrogens with zero attached hydrogens (tertiary/aromatic N) is 1. The maximum absolute atomic E-state index is 12.1. The zero-order valence-corrected chi connectivity index (χ0v) is 15.3. The average molecular weight is 358 g/mol. The minimum atomic E-state index is -0.600. The number of H-pyrrole nitrogens is 1. The molecule has 1 atom stereocenters. The number of ether oxygens (including phenoxy) is 1. The largest absolute Gasteiger partial charge is 0.467 e. The van der Waals surface area contributed by atoms with E-state index in [-0.39, 0.29) is 5.97 Å². The van der Waals surface area contributed by atoms with E-state index < -0.39 is 6.04 Å². The molecule has 0 spiro atoms. The van der Waals surface area contributed by atoms with E-state index in [0.717, 1.165) is 27.6 Å². The number of methoxy groups -OCH3 is 1. The number of para-hydroxylation sites is 1. The molecule has 27 heavy (non-hydrogen) atoms. The molecule has 0 saturated carbocycles. The Morgan fingerprint density at radius 2 is 1.96 bits per heavy atom. The molecule has 0 saturated heterocycles. The second-order valence-electron chi connectivity index (χ2n) is 5.65. The molecule has 1 N–H and O–H groups in total. The molecule has 4 heteroatoms. The van der Waals surface area contributed by atoms with Crippen molar-refractivity contribution in [2.75, 3.05) is 7.11 Å². The van der Waals surface area contributed by atoms with Crippen LogP contribution in [0, 0.1) is 12.3 Å². The number of carbonyl (C=O) groups is 1. The minimum absolute atomic E-state index is 0.359. The van der Waals surface area contributed by atoms with E-state index in [1.807, 2.05) is 54.7 Å². The van der Waals surface area contributed by atoms with Crippen LogP contribution in [0.5, 0.6) is 0 Å². The Hall–Kier alpha value is -3.58. The van der Waals surface area contributed by atoms with Gasteiger partial charge in [-0.1, -0.05) is 36.3 Å². The number of carbonyl (C=O) groups excluding carboxylic acids is 1. The summed E-state index contributed by atoms with van der Waals surface area (Å²) < 4.78 is 4.91. The van der Waals surface area contributed by atoms with Crippen molar-refractivity contribution in [3.05, 3.63) is 84.6 Å². The van der Waals surface area contributed by atoms with Crippen LogP contribution in [0.15, 0.2) is 72.9 Å². The van der Waals surface area contributed by atoms with Crippen molar-refractivity contribution < 1.29 is 9.53 Å². The van der Waals surface area contributed by atoms with Gasteiger partial charge in [0.15, 0.2) is 6.04 Å². The van der Waals surface area contributed by atoms with Gasteiger partial charge in [-0.25, -0.2) is 4.79 Å². The fourth-order valence-corrected chi connectivity index (χ4v) is 2.68. The highest BCUT2D eigenvalue weighted by atomic mass is 16.5. The summed E-state index contributed by atoms with van der Waals surface area (Å²) in [6.45, 7) is 6.00. The van der Waals surface area contributed by atoms with Crippen molar-refractivity contribution in [3.63, 3.8) is 0 Å². The van der Waals surface area contributed by atoms with Crippen molar-refractivity contribution in [2.45, 2.75) is 12.5 Å². The molecule has 3 aromatic rings. The highest BCUT2D eigenvalue weighted by Crippen LogP contribution is 2.20. The molecule has 1 unspecified atom stereocenters. The van der Waals surface area contributed by atoms with E-state index >= 15 is 0 Å². The molecule has 136 valence electrons. The van der Waals surface area contributed by atoms with Crippen LogP contribution in [-0.2, 0) is 16.0 Å². The molecular weight excluding hydrogens is 336 g/mol. The summed E-state index contributed by atoms with van der Waals surface area (Å²) in [7, 11) is 1.38. The van der Waals surface area contributed by atoms with E-state index in [2.05, 4.69) is 29.1 Å². The second kappa shape index (κ2) is 9.79. The van der Waals surface area contributed by atoms with Gasteiger partial charge in [0, 0.05) is 35.3 Å². The molecular formula is C23H22N2O2. The third-order valence-corrected chi connectivity index (χ3v) is 4.04. The molecule has 3 rings (SSSR count). The number of hydrogen-bond acceptors (Lipinski definition) is 3. The van der Waals surface area contributed by atoms with Crippen LogP contribution in [0.4, 0.5) is 0 Å². The van der Waals surface area contributed by atoms with E-state index in [0.29, 0.717) is 6.42 Å². The number of aromatic amines is 1. The summed E-state index contributed by atoms with van der Waals surface area (Å²) >= 11 is 0. The lowest BCUT2D eigenvalue weighted by atomic mass is 10.1. The summed E-state index contributed by atoms with van der Waals surface area (Å²) in [6.07, 6.45) is 9.41. The standard InChI is InChI=1S/C21H18N2O2.C2H4/c1-3-15-8-10-16(11-9-15)13-22-20(21(24)25-2)12-17-14-23-19-7-5-4-6-18(17)19;1-2/h1,4-11,13-14,20,23H,12H2,2H3;1-2H2. The van der Waals surface area contributed by atoms with Crippen molar-refractivity contribution >= 4 is 23.1 Å². The Balaban J connectivity index is 0.00000126. The number of benzene rings is 2. The highest BCUT2D eigenvalue weighted by molar-refractivity contribution is 5.86. The average Bonchev–Trinajstić information content (AvgIpc) is 3.15. The SMILES string of the molecule is C#Cc1ccc(C=NC(Cc2c[nH]c3ccccc23)C(=O)OC)cc1.C=C. The zero-order chi connectivity index (χ0) is 19.6. The van der Waals surface area contributed by atoms with Gasteiger partial charge in [0.2, 0.25) is 0 Å². The molecule has 1 aromatic heterocycles. The van der Waals surface area contributed by atoms with Gasteiger partial charge in [0.05, 0.1) is 7.11 Å². The van der Waals surface area contributed by atoms with Crippen LogP contribution in [0.2, 0.25) is 0 Å². The fraction of sp³-hybridized carbons (Fsp3) is 0.130. The van der Waals surface area contributed by atoms with Crippen molar-refractivity contribution in [1.29, 1.82) is 0 Å². The smallest absolute Gasteiger partial charge is 0.330 e. The molecule has 0 bridgehead atoms. The number of aromatic nitrogens is 1. The van der Waals surface area contributed by atoms with Crippen LogP contribution < -0.4 is 0 Å². The maximum atomic E-state index is 12.1. The van der Waals surface area contributed by atoms with Gasteiger partial charge in [-0.05, 0) is 29.3 Å². The Morgan fingerprint density at radius 1 is 1.26 bits per heavy atom. The van der Waals surface area contributed by atoms with E-state index in [1.54, 1.807) is 6.21 Å². The van der Waals surface area contributed by atoms with Gasteiger partial charge in [-0.3, -0.25) is 4.99 Å². The molecule has 4 nitrogen and oxygen atoms in total. The number of fused-ring (bicyclic) bond motifs is 1. The summed E-state index contributed by atoms with van der Waals surface area (Å²) in [6, 6.07) is 14.8. The van der Waals surface area contributed by atoms with Gasteiger partial charge < -0.3 is 9.72 Å². The van der Waals surface area contributed by atoms with Crippen LogP contribution in [0.3, 0.4) is 0 Å². The highest BCUT2D eigenvalue weighted by Gasteiger charge is 2.19. The van der Waals surface area contributed by atoms with Gasteiger partial charge in [-0.2, -0.15) is 0 Å². The lowest BCUT2D eigenvalue weighted by molar-refractivity contribution is -0.142. The van der Waals surface area contributed by atoms with Crippen LogP contribution >= 0.6 is 0 Å². The Kier molecular flexibility index (Phi) is 7.16. The number of terminal acetylenes is 1. The first-order chi connectivity index (χ1) is 13.2. The van der Waals surface area contributed by atoms with Crippen LogP contribution in [-0.4, -0.2) is 30.3 Å². The Morgan fingerprint density at radius 3 is 2.63 bits per heavy atom. The third-order valence-electron chi connectivity index (χ3n) is 4.04. The van der Waals surface area contributed by atoms with E-state index in [4.69, 9.17) is 11.2 Å². The van der Waals surface area contributed by atoms with E-state index in [1.165, 1.54) is 7.11 Å². The number of rotatable bonds is 5. The molecule has 0 aliphatic carbocycles. The molecule has 0 aliphatic rings. The Bertz CT molecular complexity index is 962. The predicted molar refractivity (Wildman–Crippen MR) is 111 cm³/mol. The lowest BCUT2D eigenvalue weighted by Gasteiger charge is -2.09. The summed E-state index contributed by atoms with van der Waals surface area (Å²) in [5, 5.41) is 1.09. The van der Waals surface area contributed by atoms with Gasteiger partial charge in [-0.15, -0.1) is 19.6 Å². The van der Waals surface area contributed by atoms with E-state index in [9.17, 15) is 4.79 Å². The molecule has 0 fully saturated rings. The number of esters is 1. The number of aliphatic imine (C=N–C) groups is 1. The first-order valence-corrected chi connectivity index (χ1v) is 8.44. The summed E-state index contributed by atoms with van der Waals surface area (Å²) in [4.78, 5) is 19.8. The van der Waals surface area contributed by atoms with Crippen molar-refractivity contribution in [3.8, 4) is 12.3 Å². The first kappa shape index (κ1) is 19.7. The maximum Gasteiger partial charge on any atom is 0.330 e. The van der Waals surface area contributed by atoms with Gasteiger partial charge >= 0.3 is 5.97 Å². The summed E-state index contributed by atoms with van der Waals surface area (Å²) in [5.74, 6) is 2.21.